The number of hydrogen-bond donors (Lipinski definition) is 5. The Kier molecular flexibility index (Phi) is 6.45. The smallest absolute Gasteiger partial charge is 0.253 e. The molecule has 2 heterocycles. The van der Waals surface area contributed by atoms with Crippen molar-refractivity contribution >= 4 is 34.2 Å². The van der Waals surface area contributed by atoms with E-state index in [1.54, 1.807) is 31.2 Å². The molecule has 1 aliphatic rings. The number of hydrogen-bond acceptors (Lipinski definition) is 8. The van der Waals surface area contributed by atoms with E-state index < -0.39 is 6.04 Å². The maximum Gasteiger partial charge on any atom is 0.253 e. The number of H-pyrrole nitrogens is 1. The molecule has 1 aromatic heterocycles. The molecule has 1 aromatic carbocycles. The Balaban J connectivity index is 1.75. The number of amides is 1. The zero-order chi connectivity index (χ0) is 20.1. The number of carbonyl (C=O) groups is 1. The van der Waals surface area contributed by atoms with Crippen molar-refractivity contribution in [2.75, 3.05) is 36.4 Å². The molecule has 0 bridgehead atoms. The van der Waals surface area contributed by atoms with E-state index in [1.165, 1.54) is 6.07 Å². The third-order valence-electron chi connectivity index (χ3n) is 4.15. The van der Waals surface area contributed by atoms with Gasteiger partial charge in [0.05, 0.1) is 6.04 Å². The highest BCUT2D eigenvalue weighted by molar-refractivity contribution is 8.14. The Morgan fingerprint density at radius 2 is 2.11 bits per heavy atom. The van der Waals surface area contributed by atoms with Crippen LogP contribution in [-0.4, -0.2) is 53.1 Å². The van der Waals surface area contributed by atoms with Crippen LogP contribution < -0.4 is 26.8 Å². The van der Waals surface area contributed by atoms with Gasteiger partial charge >= 0.3 is 0 Å². The summed E-state index contributed by atoms with van der Waals surface area (Å²) >= 11 is 1.06. The van der Waals surface area contributed by atoms with Crippen LogP contribution in [0.5, 0.6) is 0 Å². The molecule has 6 N–H and O–H groups in total. The maximum absolute atomic E-state index is 12.0. The van der Waals surface area contributed by atoms with Gasteiger partial charge in [-0.25, -0.2) is 4.98 Å². The average molecular weight is 401 g/mol. The van der Waals surface area contributed by atoms with Gasteiger partial charge in [0.15, 0.2) is 5.16 Å². The van der Waals surface area contributed by atoms with Crippen molar-refractivity contribution in [3.05, 3.63) is 46.2 Å². The highest BCUT2D eigenvalue weighted by atomic mass is 32.2. The first kappa shape index (κ1) is 20.1. The van der Waals surface area contributed by atoms with Gasteiger partial charge in [0.2, 0.25) is 5.91 Å². The van der Waals surface area contributed by atoms with E-state index in [0.29, 0.717) is 22.2 Å². The molecule has 1 atom stereocenters. The first-order chi connectivity index (χ1) is 13.4. The number of thioether (sulfide) groups is 1. The fourth-order valence-corrected chi connectivity index (χ4v) is 3.41. The van der Waals surface area contributed by atoms with Crippen LogP contribution in [0.3, 0.4) is 0 Å². The van der Waals surface area contributed by atoms with Crippen molar-refractivity contribution in [3.8, 4) is 0 Å². The predicted octanol–water partition coefficient (Wildman–Crippen LogP) is 0.583. The number of anilines is 2. The van der Waals surface area contributed by atoms with Gasteiger partial charge in [-0.3, -0.25) is 15.0 Å². The fraction of sp³-hybridized carbons (Fsp3) is 0.333. The molecule has 0 aliphatic carbocycles. The largest absolute Gasteiger partial charge is 0.354 e. The van der Waals surface area contributed by atoms with E-state index >= 15 is 0 Å². The summed E-state index contributed by atoms with van der Waals surface area (Å²) in [6.07, 6.45) is 0. The molecule has 1 fully saturated rings. The molecular weight excluding hydrogens is 378 g/mol. The third kappa shape index (κ3) is 5.18. The van der Waals surface area contributed by atoms with E-state index in [4.69, 9.17) is 11.1 Å². The number of piperazine rings is 1. The number of nitrogens with zero attached hydrogens (tertiary/aromatic N) is 2. The number of aromatic amines is 1. The zero-order valence-corrected chi connectivity index (χ0v) is 16.3. The SMILES string of the molecule is CC(N)C(=O)Nc1cccc(C(=N)Sc2nc(N3CCNCC3)cc(=O)[nH]2)c1. The minimum absolute atomic E-state index is 0.206. The molecule has 1 saturated heterocycles. The molecule has 10 heteroatoms. The van der Waals surface area contributed by atoms with Gasteiger partial charge in [-0.15, -0.1) is 0 Å². The molecule has 2 aromatic rings. The molecule has 0 spiro atoms. The van der Waals surface area contributed by atoms with Crippen LogP contribution in [-0.2, 0) is 4.79 Å². The Morgan fingerprint density at radius 1 is 1.36 bits per heavy atom. The number of benzene rings is 1. The lowest BCUT2D eigenvalue weighted by atomic mass is 10.2. The van der Waals surface area contributed by atoms with Crippen LogP contribution in [0.2, 0.25) is 0 Å². The lowest BCUT2D eigenvalue weighted by Crippen LogP contribution is -2.44. The van der Waals surface area contributed by atoms with Crippen LogP contribution >= 0.6 is 11.8 Å². The summed E-state index contributed by atoms with van der Waals surface area (Å²) < 4.78 is 0. The molecule has 1 unspecified atom stereocenters. The Morgan fingerprint density at radius 3 is 2.82 bits per heavy atom. The van der Waals surface area contributed by atoms with E-state index in [1.807, 2.05) is 4.90 Å². The number of nitrogens with two attached hydrogens (primary N) is 1. The van der Waals surface area contributed by atoms with Crippen molar-refractivity contribution in [3.63, 3.8) is 0 Å². The normalized spacial score (nSPS) is 15.1. The second kappa shape index (κ2) is 9.00. The van der Waals surface area contributed by atoms with Crippen LogP contribution in [0.4, 0.5) is 11.5 Å². The lowest BCUT2D eigenvalue weighted by Gasteiger charge is -2.28. The Bertz CT molecular complexity index is 922. The summed E-state index contributed by atoms with van der Waals surface area (Å²) in [7, 11) is 0. The number of rotatable bonds is 5. The number of aromatic nitrogens is 2. The number of carbonyl (C=O) groups excluding carboxylic acids is 1. The van der Waals surface area contributed by atoms with Gasteiger partial charge in [-0.05, 0) is 30.8 Å². The van der Waals surface area contributed by atoms with Gasteiger partial charge in [-0.2, -0.15) is 0 Å². The van der Waals surface area contributed by atoms with Crippen molar-refractivity contribution in [1.82, 2.24) is 15.3 Å². The molecular formula is C18H23N7O2S. The predicted molar refractivity (Wildman–Crippen MR) is 111 cm³/mol. The quantitative estimate of drug-likeness (QED) is 0.214. The minimum Gasteiger partial charge on any atom is -0.354 e. The summed E-state index contributed by atoms with van der Waals surface area (Å²) in [5, 5.41) is 14.9. The van der Waals surface area contributed by atoms with E-state index in [-0.39, 0.29) is 16.5 Å². The first-order valence-corrected chi connectivity index (χ1v) is 9.74. The topological polar surface area (TPSA) is 140 Å². The summed E-state index contributed by atoms with van der Waals surface area (Å²) in [5.41, 5.74) is 6.47. The first-order valence-electron chi connectivity index (χ1n) is 8.92. The molecule has 28 heavy (non-hydrogen) atoms. The van der Waals surface area contributed by atoms with E-state index in [2.05, 4.69) is 20.6 Å². The second-order valence-electron chi connectivity index (χ2n) is 6.44. The summed E-state index contributed by atoms with van der Waals surface area (Å²) in [6.45, 7) is 4.84. The Labute approximate surface area is 166 Å². The highest BCUT2D eigenvalue weighted by Gasteiger charge is 2.15. The van der Waals surface area contributed by atoms with Crippen LogP contribution in [0.1, 0.15) is 12.5 Å². The summed E-state index contributed by atoms with van der Waals surface area (Å²) in [4.78, 5) is 33.0. The van der Waals surface area contributed by atoms with Gasteiger partial charge in [-0.1, -0.05) is 12.1 Å². The molecule has 3 rings (SSSR count). The van der Waals surface area contributed by atoms with Gasteiger partial charge in [0.1, 0.15) is 10.9 Å². The fourth-order valence-electron chi connectivity index (χ4n) is 2.68. The van der Waals surface area contributed by atoms with E-state index in [9.17, 15) is 9.59 Å². The van der Waals surface area contributed by atoms with Crippen molar-refractivity contribution < 1.29 is 4.79 Å². The van der Waals surface area contributed by atoms with E-state index in [0.717, 1.165) is 37.9 Å². The Hall–Kier alpha value is -2.69. The van der Waals surface area contributed by atoms with Crippen LogP contribution in [0, 0.1) is 5.41 Å². The number of nitrogens with one attached hydrogen (secondary N) is 4. The molecule has 1 amide bonds. The molecule has 0 radical (unpaired) electrons. The van der Waals surface area contributed by atoms with Crippen molar-refractivity contribution in [1.29, 1.82) is 5.41 Å². The molecule has 9 nitrogen and oxygen atoms in total. The van der Waals surface area contributed by atoms with Crippen molar-refractivity contribution in [2.45, 2.75) is 18.1 Å². The standard InChI is InChI=1S/C18H23N7O2S/c1-11(19)17(27)22-13-4-2-3-12(9-13)16(20)28-18-23-14(10-15(26)24-18)25-7-5-21-6-8-25/h2-4,9-11,20-21H,5-8,19H2,1H3,(H,22,27)(H,23,24,26). The summed E-state index contributed by atoms with van der Waals surface area (Å²) in [5.74, 6) is 0.310. The van der Waals surface area contributed by atoms with Gasteiger partial charge < -0.3 is 26.3 Å². The van der Waals surface area contributed by atoms with Crippen LogP contribution in [0.15, 0.2) is 40.3 Å². The minimum atomic E-state index is -0.625. The molecule has 0 saturated carbocycles. The average Bonchev–Trinajstić information content (AvgIpc) is 2.68. The third-order valence-corrected chi connectivity index (χ3v) is 4.98. The van der Waals surface area contributed by atoms with Gasteiger partial charge in [0, 0.05) is 43.5 Å². The maximum atomic E-state index is 12.0. The van der Waals surface area contributed by atoms with Gasteiger partial charge in [0.25, 0.3) is 5.56 Å². The highest BCUT2D eigenvalue weighted by Crippen LogP contribution is 2.22. The van der Waals surface area contributed by atoms with Crippen molar-refractivity contribution in [2.24, 2.45) is 5.73 Å². The second-order valence-corrected chi connectivity index (χ2v) is 7.43. The molecule has 1 aliphatic heterocycles. The van der Waals surface area contributed by atoms with Crippen LogP contribution in [0.25, 0.3) is 0 Å². The zero-order valence-electron chi connectivity index (χ0n) is 15.5. The monoisotopic (exact) mass is 401 g/mol. The lowest BCUT2D eigenvalue weighted by molar-refractivity contribution is -0.117. The molecule has 148 valence electrons. The summed E-state index contributed by atoms with van der Waals surface area (Å²) in [6, 6.07) is 7.77.